The Hall–Kier alpha value is -4.20. The number of aryl methyl sites for hydroxylation is 2. The zero-order chi connectivity index (χ0) is 23.1. The van der Waals surface area contributed by atoms with Crippen LogP contribution in [0.1, 0.15) is 39.0 Å². The van der Waals surface area contributed by atoms with Crippen LogP contribution in [0.25, 0.3) is 11.4 Å². The highest BCUT2D eigenvalue weighted by Gasteiger charge is 2.18. The molecule has 0 saturated heterocycles. The van der Waals surface area contributed by atoms with Crippen LogP contribution in [0.2, 0.25) is 0 Å². The van der Waals surface area contributed by atoms with Crippen LogP contribution in [0.4, 0.5) is 0 Å². The topological polar surface area (TPSA) is 99.2 Å². The Morgan fingerprint density at radius 2 is 1.25 bits per heavy atom. The second-order valence-electron chi connectivity index (χ2n) is 6.87. The fourth-order valence-electron chi connectivity index (χ4n) is 3.10. The molecule has 0 radical (unpaired) electrons. The number of aromatic carboxylic acids is 1. The molecule has 4 aromatic rings. The lowest BCUT2D eigenvalue weighted by Gasteiger charge is -2.07. The maximum absolute atomic E-state index is 11.8. The summed E-state index contributed by atoms with van der Waals surface area (Å²) in [7, 11) is 0. The number of carbonyl (C=O) groups is 2. The van der Waals surface area contributed by atoms with Crippen molar-refractivity contribution in [1.82, 2.24) is 19.6 Å². The van der Waals surface area contributed by atoms with E-state index in [-0.39, 0.29) is 11.7 Å². The summed E-state index contributed by atoms with van der Waals surface area (Å²) in [4.78, 5) is 22.9. The van der Waals surface area contributed by atoms with Crippen molar-refractivity contribution < 1.29 is 19.4 Å². The van der Waals surface area contributed by atoms with E-state index in [1.165, 1.54) is 4.68 Å². The van der Waals surface area contributed by atoms with E-state index in [2.05, 4.69) is 10.2 Å². The molecule has 4 rings (SSSR count). The lowest BCUT2D eigenvalue weighted by molar-refractivity contribution is 0.0514. The molecule has 0 atom stereocenters. The third kappa shape index (κ3) is 4.92. The first-order valence-electron chi connectivity index (χ1n) is 10.0. The summed E-state index contributed by atoms with van der Waals surface area (Å²) in [6.07, 6.45) is 3.22. The molecule has 0 spiro atoms. The zero-order valence-corrected chi connectivity index (χ0v) is 18.1. The summed E-state index contributed by atoms with van der Waals surface area (Å²) in [6, 6.07) is 18.7. The number of carboxylic acids is 1. The predicted molar refractivity (Wildman–Crippen MR) is 120 cm³/mol. The third-order valence-electron chi connectivity index (χ3n) is 4.58. The number of para-hydroxylation sites is 2. The van der Waals surface area contributed by atoms with Crippen LogP contribution in [0.3, 0.4) is 0 Å². The van der Waals surface area contributed by atoms with Gasteiger partial charge in [0.15, 0.2) is 11.4 Å². The second-order valence-corrected chi connectivity index (χ2v) is 6.87. The van der Waals surface area contributed by atoms with Gasteiger partial charge in [0, 0.05) is 11.1 Å². The molecule has 0 aliphatic carbocycles. The SMILES string of the molecule is CCOC(=O)c1c(C)cnn1-c1ccccc1.Cc1cnn(-c2ccccc2)c1C(=O)O. The van der Waals surface area contributed by atoms with Crippen molar-refractivity contribution in [3.63, 3.8) is 0 Å². The first-order chi connectivity index (χ1) is 15.4. The lowest BCUT2D eigenvalue weighted by Crippen LogP contribution is -2.13. The molecule has 0 bridgehead atoms. The Balaban J connectivity index is 0.000000182. The third-order valence-corrected chi connectivity index (χ3v) is 4.58. The van der Waals surface area contributed by atoms with Gasteiger partial charge in [0.1, 0.15) is 0 Å². The predicted octanol–water partition coefficient (Wildman–Crippen LogP) is 4.24. The number of carbonyl (C=O) groups excluding carboxylic acids is 1. The Kier molecular flexibility index (Phi) is 7.17. The number of nitrogens with zero attached hydrogens (tertiary/aromatic N) is 4. The fraction of sp³-hybridized carbons (Fsp3) is 0.167. The van der Waals surface area contributed by atoms with Crippen molar-refractivity contribution in [2.45, 2.75) is 20.8 Å². The van der Waals surface area contributed by atoms with Crippen molar-refractivity contribution in [2.75, 3.05) is 6.61 Å². The molecule has 8 heteroatoms. The van der Waals surface area contributed by atoms with Crippen LogP contribution in [-0.2, 0) is 4.74 Å². The van der Waals surface area contributed by atoms with Crippen LogP contribution in [0, 0.1) is 13.8 Å². The van der Waals surface area contributed by atoms with E-state index in [0.29, 0.717) is 17.9 Å². The van der Waals surface area contributed by atoms with Gasteiger partial charge in [0.2, 0.25) is 0 Å². The van der Waals surface area contributed by atoms with Crippen molar-refractivity contribution in [2.24, 2.45) is 0 Å². The quantitative estimate of drug-likeness (QED) is 0.474. The molecule has 0 saturated carbocycles. The molecule has 0 unspecified atom stereocenters. The minimum absolute atomic E-state index is 0.209. The van der Waals surface area contributed by atoms with E-state index in [1.54, 1.807) is 30.9 Å². The number of esters is 1. The molecule has 0 aliphatic heterocycles. The summed E-state index contributed by atoms with van der Waals surface area (Å²) in [5.74, 6) is -1.31. The van der Waals surface area contributed by atoms with Gasteiger partial charge < -0.3 is 9.84 Å². The number of ether oxygens (including phenoxy) is 1. The minimum Gasteiger partial charge on any atom is -0.477 e. The van der Waals surface area contributed by atoms with Crippen LogP contribution in [0.15, 0.2) is 73.1 Å². The number of benzene rings is 2. The van der Waals surface area contributed by atoms with Crippen molar-refractivity contribution in [1.29, 1.82) is 0 Å². The summed E-state index contributed by atoms with van der Waals surface area (Å²) in [5, 5.41) is 17.3. The van der Waals surface area contributed by atoms with Gasteiger partial charge >= 0.3 is 11.9 Å². The largest absolute Gasteiger partial charge is 0.477 e. The van der Waals surface area contributed by atoms with Gasteiger partial charge in [-0.2, -0.15) is 10.2 Å². The summed E-state index contributed by atoms with van der Waals surface area (Å²) in [6.45, 7) is 5.73. The van der Waals surface area contributed by atoms with E-state index in [1.807, 2.05) is 67.6 Å². The average molecular weight is 432 g/mol. The van der Waals surface area contributed by atoms with E-state index in [9.17, 15) is 9.59 Å². The van der Waals surface area contributed by atoms with Crippen molar-refractivity contribution in [3.05, 3.63) is 95.6 Å². The number of carboxylic acid groups (broad SMARTS) is 1. The van der Waals surface area contributed by atoms with Gasteiger partial charge in [-0.1, -0.05) is 36.4 Å². The smallest absolute Gasteiger partial charge is 0.357 e. The molecule has 1 N–H and O–H groups in total. The van der Waals surface area contributed by atoms with E-state index >= 15 is 0 Å². The minimum atomic E-state index is -0.964. The van der Waals surface area contributed by atoms with Crippen LogP contribution >= 0.6 is 0 Å². The summed E-state index contributed by atoms with van der Waals surface area (Å²) in [5.41, 5.74) is 3.77. The van der Waals surface area contributed by atoms with E-state index in [0.717, 1.165) is 16.9 Å². The second kappa shape index (κ2) is 10.2. The van der Waals surface area contributed by atoms with Crippen molar-refractivity contribution >= 4 is 11.9 Å². The normalized spacial score (nSPS) is 10.2. The Bertz CT molecular complexity index is 1200. The molecule has 0 aliphatic rings. The molecule has 164 valence electrons. The first-order valence-corrected chi connectivity index (χ1v) is 10.0. The number of hydrogen-bond donors (Lipinski definition) is 1. The fourth-order valence-corrected chi connectivity index (χ4v) is 3.10. The van der Waals surface area contributed by atoms with Gasteiger partial charge in [-0.05, 0) is 45.0 Å². The van der Waals surface area contributed by atoms with Crippen molar-refractivity contribution in [3.8, 4) is 11.4 Å². The lowest BCUT2D eigenvalue weighted by atomic mass is 10.2. The molecular formula is C24H24N4O4. The van der Waals surface area contributed by atoms with E-state index < -0.39 is 5.97 Å². The van der Waals surface area contributed by atoms with Crippen LogP contribution in [0.5, 0.6) is 0 Å². The van der Waals surface area contributed by atoms with E-state index in [4.69, 9.17) is 9.84 Å². The molecule has 2 heterocycles. The summed E-state index contributed by atoms with van der Waals surface area (Å²) < 4.78 is 8.06. The van der Waals surface area contributed by atoms with Gasteiger partial charge in [0.05, 0.1) is 30.4 Å². The first kappa shape index (κ1) is 22.5. The van der Waals surface area contributed by atoms with Gasteiger partial charge in [-0.15, -0.1) is 0 Å². The van der Waals surface area contributed by atoms with Crippen LogP contribution < -0.4 is 0 Å². The number of rotatable bonds is 5. The molecular weight excluding hydrogens is 408 g/mol. The van der Waals surface area contributed by atoms with Gasteiger partial charge in [-0.3, -0.25) is 0 Å². The number of hydrogen-bond acceptors (Lipinski definition) is 5. The highest BCUT2D eigenvalue weighted by Crippen LogP contribution is 2.15. The zero-order valence-electron chi connectivity index (χ0n) is 18.1. The monoisotopic (exact) mass is 432 g/mol. The Labute approximate surface area is 185 Å². The molecule has 8 nitrogen and oxygen atoms in total. The molecule has 32 heavy (non-hydrogen) atoms. The molecule has 2 aromatic carbocycles. The molecule has 0 fully saturated rings. The molecule has 0 amide bonds. The Morgan fingerprint density at radius 3 is 1.69 bits per heavy atom. The maximum Gasteiger partial charge on any atom is 0.357 e. The highest BCUT2D eigenvalue weighted by molar-refractivity contribution is 5.89. The molecule has 2 aromatic heterocycles. The standard InChI is InChI=1S/C13H14N2O2.C11H10N2O2/c1-3-17-13(16)12-10(2)9-14-15(12)11-7-5-4-6-8-11;1-8-7-12-13(10(8)11(14)15)9-5-3-2-4-6-9/h4-9H,3H2,1-2H3;2-7H,1H3,(H,14,15). The Morgan fingerprint density at radius 1 is 0.812 bits per heavy atom. The van der Waals surface area contributed by atoms with Gasteiger partial charge in [0.25, 0.3) is 0 Å². The van der Waals surface area contributed by atoms with Gasteiger partial charge in [-0.25, -0.2) is 19.0 Å². The highest BCUT2D eigenvalue weighted by atomic mass is 16.5. The summed E-state index contributed by atoms with van der Waals surface area (Å²) >= 11 is 0. The number of aromatic nitrogens is 4. The average Bonchev–Trinajstić information content (AvgIpc) is 3.38. The van der Waals surface area contributed by atoms with Crippen LogP contribution in [-0.4, -0.2) is 43.2 Å². The maximum atomic E-state index is 11.8.